The molecule has 5 heteroatoms. The largest absolute Gasteiger partial charge is 0.452 e. The lowest BCUT2D eigenvalue weighted by Crippen LogP contribution is -2.32. The molecule has 3 rings (SSSR count). The maximum Gasteiger partial charge on any atom is 0.340 e. The molecule has 1 aromatic heterocycles. The van der Waals surface area contributed by atoms with Gasteiger partial charge in [0, 0.05) is 18.5 Å². The van der Waals surface area contributed by atoms with Gasteiger partial charge in [0.2, 0.25) is 0 Å². The number of carbonyl (C=O) groups excluding carboxylic acids is 2. The first-order valence-electron chi connectivity index (χ1n) is 8.45. The number of ether oxygens (including phenoxy) is 1. The van der Waals surface area contributed by atoms with Crippen LogP contribution in [0.15, 0.2) is 24.3 Å². The molecule has 0 bridgehead atoms. The molecule has 1 aromatic carbocycles. The van der Waals surface area contributed by atoms with Crippen molar-refractivity contribution >= 4 is 22.8 Å². The topological polar surface area (TPSA) is 59.5 Å². The van der Waals surface area contributed by atoms with Gasteiger partial charge in [-0.3, -0.25) is 9.78 Å². The highest BCUT2D eigenvalue weighted by Crippen LogP contribution is 2.24. The number of hydrogen-bond donors (Lipinski definition) is 0. The molecule has 0 radical (unpaired) electrons. The van der Waals surface area contributed by atoms with Gasteiger partial charge in [-0.2, -0.15) is 0 Å². The predicted octanol–water partition coefficient (Wildman–Crippen LogP) is 2.88. The summed E-state index contributed by atoms with van der Waals surface area (Å²) in [5.41, 5.74) is 2.93. The quantitative estimate of drug-likeness (QED) is 0.811. The number of benzene rings is 1. The van der Waals surface area contributed by atoms with Gasteiger partial charge in [-0.05, 0) is 37.8 Å². The highest BCUT2D eigenvalue weighted by atomic mass is 16.5. The minimum atomic E-state index is -0.463. The smallest absolute Gasteiger partial charge is 0.340 e. The van der Waals surface area contributed by atoms with Crippen LogP contribution in [-0.2, 0) is 16.0 Å². The maximum absolute atomic E-state index is 12.6. The van der Waals surface area contributed by atoms with E-state index in [2.05, 4.69) is 4.98 Å². The Bertz CT molecular complexity index is 780. The zero-order valence-corrected chi connectivity index (χ0v) is 14.2. The van der Waals surface area contributed by atoms with Crippen LogP contribution in [0.1, 0.15) is 41.4 Å². The first-order chi connectivity index (χ1) is 11.6. The van der Waals surface area contributed by atoms with E-state index in [1.807, 2.05) is 38.1 Å². The Balaban J connectivity index is 1.83. The van der Waals surface area contributed by atoms with Crippen LogP contribution in [0.3, 0.4) is 0 Å². The SMILES string of the molecule is CCc1nc2ccccc2c(C)c1C(=O)OCC(=O)N1CCCC1. The number of aryl methyl sites for hydroxylation is 2. The summed E-state index contributed by atoms with van der Waals surface area (Å²) >= 11 is 0. The van der Waals surface area contributed by atoms with Crippen LogP contribution in [-0.4, -0.2) is 41.5 Å². The van der Waals surface area contributed by atoms with Crippen molar-refractivity contribution in [2.24, 2.45) is 0 Å². The van der Waals surface area contributed by atoms with Crippen molar-refractivity contribution in [1.29, 1.82) is 0 Å². The molecule has 5 nitrogen and oxygen atoms in total. The van der Waals surface area contributed by atoms with E-state index in [1.54, 1.807) is 4.90 Å². The Morgan fingerprint density at radius 1 is 1.21 bits per heavy atom. The van der Waals surface area contributed by atoms with Crippen LogP contribution in [0.5, 0.6) is 0 Å². The third-order valence-electron chi connectivity index (χ3n) is 4.55. The highest BCUT2D eigenvalue weighted by Gasteiger charge is 2.22. The van der Waals surface area contributed by atoms with Gasteiger partial charge in [0.05, 0.1) is 16.8 Å². The Labute approximate surface area is 141 Å². The predicted molar refractivity (Wildman–Crippen MR) is 92.0 cm³/mol. The number of carbonyl (C=O) groups is 2. The molecule has 1 fully saturated rings. The van der Waals surface area contributed by atoms with E-state index < -0.39 is 5.97 Å². The molecule has 1 aliphatic rings. The fourth-order valence-electron chi connectivity index (χ4n) is 3.22. The summed E-state index contributed by atoms with van der Waals surface area (Å²) in [4.78, 5) is 31.0. The van der Waals surface area contributed by atoms with Crippen LogP contribution in [0.4, 0.5) is 0 Å². The maximum atomic E-state index is 12.6. The number of fused-ring (bicyclic) bond motifs is 1. The number of pyridine rings is 1. The van der Waals surface area contributed by atoms with Crippen molar-refractivity contribution in [1.82, 2.24) is 9.88 Å². The number of rotatable bonds is 4. The third-order valence-corrected chi connectivity index (χ3v) is 4.55. The molecule has 1 saturated heterocycles. The number of likely N-dealkylation sites (tertiary alicyclic amines) is 1. The molecule has 1 aliphatic heterocycles. The summed E-state index contributed by atoms with van der Waals surface area (Å²) in [6.07, 6.45) is 2.68. The number of aromatic nitrogens is 1. The Hall–Kier alpha value is -2.43. The fourth-order valence-corrected chi connectivity index (χ4v) is 3.22. The third kappa shape index (κ3) is 3.11. The van der Waals surface area contributed by atoms with Gasteiger partial charge >= 0.3 is 5.97 Å². The van der Waals surface area contributed by atoms with E-state index in [-0.39, 0.29) is 12.5 Å². The van der Waals surface area contributed by atoms with Gasteiger partial charge in [-0.25, -0.2) is 4.79 Å². The molecule has 24 heavy (non-hydrogen) atoms. The molecular formula is C19H22N2O3. The molecule has 0 atom stereocenters. The number of esters is 1. The van der Waals surface area contributed by atoms with E-state index in [0.29, 0.717) is 17.7 Å². The van der Waals surface area contributed by atoms with Crippen LogP contribution in [0.2, 0.25) is 0 Å². The summed E-state index contributed by atoms with van der Waals surface area (Å²) < 4.78 is 5.30. The van der Waals surface area contributed by atoms with Gasteiger partial charge < -0.3 is 9.64 Å². The fraction of sp³-hybridized carbons (Fsp3) is 0.421. The molecule has 1 amide bonds. The van der Waals surface area contributed by atoms with Gasteiger partial charge in [-0.15, -0.1) is 0 Å². The molecular weight excluding hydrogens is 304 g/mol. The summed E-state index contributed by atoms with van der Waals surface area (Å²) in [7, 11) is 0. The van der Waals surface area contributed by atoms with Gasteiger partial charge in [0.25, 0.3) is 5.91 Å². The summed E-state index contributed by atoms with van der Waals surface area (Å²) in [5.74, 6) is -0.583. The van der Waals surface area contributed by atoms with Crippen molar-refractivity contribution in [3.8, 4) is 0 Å². The number of para-hydroxylation sites is 1. The minimum absolute atomic E-state index is 0.120. The Morgan fingerprint density at radius 2 is 1.92 bits per heavy atom. The number of hydrogen-bond acceptors (Lipinski definition) is 4. The zero-order chi connectivity index (χ0) is 17.1. The molecule has 0 saturated carbocycles. The van der Waals surface area contributed by atoms with Crippen molar-refractivity contribution in [3.05, 3.63) is 41.1 Å². The average molecular weight is 326 g/mol. The molecule has 126 valence electrons. The minimum Gasteiger partial charge on any atom is -0.452 e. The van der Waals surface area contributed by atoms with Gasteiger partial charge in [0.1, 0.15) is 0 Å². The van der Waals surface area contributed by atoms with E-state index in [4.69, 9.17) is 4.74 Å². The van der Waals surface area contributed by atoms with Crippen molar-refractivity contribution < 1.29 is 14.3 Å². The molecule has 2 aromatic rings. The first-order valence-corrected chi connectivity index (χ1v) is 8.45. The van der Waals surface area contributed by atoms with E-state index >= 15 is 0 Å². The standard InChI is InChI=1S/C19H22N2O3/c1-3-15-18(13(2)14-8-4-5-9-16(14)20-15)19(23)24-12-17(22)21-10-6-7-11-21/h4-5,8-9H,3,6-7,10-12H2,1-2H3. The number of nitrogens with zero attached hydrogens (tertiary/aromatic N) is 2. The molecule has 2 heterocycles. The molecule has 0 spiro atoms. The van der Waals surface area contributed by atoms with Gasteiger partial charge in [-0.1, -0.05) is 25.1 Å². The lowest BCUT2D eigenvalue weighted by molar-refractivity contribution is -0.133. The molecule has 0 aliphatic carbocycles. The van der Waals surface area contributed by atoms with E-state index in [9.17, 15) is 9.59 Å². The lowest BCUT2D eigenvalue weighted by atomic mass is 10.0. The first kappa shape index (κ1) is 16.4. The summed E-state index contributed by atoms with van der Waals surface area (Å²) in [6, 6.07) is 7.74. The van der Waals surface area contributed by atoms with Crippen molar-refractivity contribution in [3.63, 3.8) is 0 Å². The highest BCUT2D eigenvalue weighted by molar-refractivity contribution is 5.99. The van der Waals surface area contributed by atoms with Crippen LogP contribution < -0.4 is 0 Å². The van der Waals surface area contributed by atoms with Crippen molar-refractivity contribution in [2.45, 2.75) is 33.1 Å². The summed E-state index contributed by atoms with van der Waals surface area (Å²) in [6.45, 7) is 5.18. The normalized spacial score (nSPS) is 14.2. The van der Waals surface area contributed by atoms with Crippen LogP contribution >= 0.6 is 0 Å². The molecule has 0 N–H and O–H groups in total. The lowest BCUT2D eigenvalue weighted by Gasteiger charge is -2.16. The Kier molecular flexibility index (Phi) is 4.79. The van der Waals surface area contributed by atoms with Crippen LogP contribution in [0.25, 0.3) is 10.9 Å². The average Bonchev–Trinajstić information content (AvgIpc) is 3.14. The van der Waals surface area contributed by atoms with E-state index in [0.717, 1.165) is 42.4 Å². The van der Waals surface area contributed by atoms with Crippen LogP contribution in [0, 0.1) is 6.92 Å². The zero-order valence-electron chi connectivity index (χ0n) is 14.2. The Morgan fingerprint density at radius 3 is 2.62 bits per heavy atom. The number of amides is 1. The summed E-state index contributed by atoms with van der Waals surface area (Å²) in [5, 5.41) is 0.938. The van der Waals surface area contributed by atoms with Crippen molar-refractivity contribution in [2.75, 3.05) is 19.7 Å². The second-order valence-electron chi connectivity index (χ2n) is 6.09. The van der Waals surface area contributed by atoms with Gasteiger partial charge in [0.15, 0.2) is 6.61 Å². The molecule has 0 unspecified atom stereocenters. The monoisotopic (exact) mass is 326 g/mol. The second kappa shape index (κ2) is 6.99. The van der Waals surface area contributed by atoms with E-state index in [1.165, 1.54) is 0 Å². The second-order valence-corrected chi connectivity index (χ2v) is 6.09.